The van der Waals surface area contributed by atoms with E-state index in [0.29, 0.717) is 0 Å². The Bertz CT molecular complexity index is 463. The van der Waals surface area contributed by atoms with E-state index in [9.17, 15) is 5.11 Å². The summed E-state index contributed by atoms with van der Waals surface area (Å²) in [5.41, 5.74) is 1.78. The molecule has 1 aromatic rings. The van der Waals surface area contributed by atoms with Crippen LogP contribution < -0.4 is 5.32 Å². The van der Waals surface area contributed by atoms with Crippen LogP contribution in [0, 0.1) is 0 Å². The number of aliphatic hydroxyl groups is 1. The van der Waals surface area contributed by atoms with Gasteiger partial charge in [0, 0.05) is 32.7 Å². The molecule has 2 aliphatic heterocycles. The predicted molar refractivity (Wildman–Crippen MR) is 85.2 cm³/mol. The minimum atomic E-state index is -0.636. The lowest BCUT2D eigenvalue weighted by atomic mass is 9.84. The highest BCUT2D eigenvalue weighted by Crippen LogP contribution is 2.31. The molecule has 0 radical (unpaired) electrons. The number of piperidine rings is 1. The zero-order chi connectivity index (χ0) is 14.7. The van der Waals surface area contributed by atoms with Gasteiger partial charge in [0.25, 0.3) is 0 Å². The molecular weight excluding hydrogens is 262 g/mol. The molecule has 2 heterocycles. The molecule has 0 spiro atoms. The molecule has 2 fully saturated rings. The van der Waals surface area contributed by atoms with E-state index < -0.39 is 5.60 Å². The second kappa shape index (κ2) is 6.44. The van der Waals surface area contributed by atoms with Crippen LogP contribution >= 0.6 is 0 Å². The molecule has 2 aliphatic rings. The Labute approximate surface area is 127 Å². The van der Waals surface area contributed by atoms with Crippen molar-refractivity contribution >= 4 is 0 Å². The average Bonchev–Trinajstić information content (AvgIpc) is 2.51. The minimum Gasteiger partial charge on any atom is -0.385 e. The Morgan fingerprint density at radius 3 is 2.57 bits per heavy atom. The highest BCUT2D eigenvalue weighted by molar-refractivity contribution is 5.29. The van der Waals surface area contributed by atoms with Gasteiger partial charge >= 0.3 is 0 Å². The van der Waals surface area contributed by atoms with Crippen molar-refractivity contribution in [3.8, 4) is 0 Å². The van der Waals surface area contributed by atoms with Crippen molar-refractivity contribution in [2.75, 3.05) is 46.3 Å². The molecule has 21 heavy (non-hydrogen) atoms. The molecule has 116 valence electrons. The first kappa shape index (κ1) is 15.0. The zero-order valence-electron chi connectivity index (χ0n) is 13.0. The van der Waals surface area contributed by atoms with Gasteiger partial charge in [-0.3, -0.25) is 4.90 Å². The fourth-order valence-corrected chi connectivity index (χ4v) is 3.35. The van der Waals surface area contributed by atoms with Crippen molar-refractivity contribution in [2.45, 2.75) is 25.0 Å². The lowest BCUT2D eigenvalue weighted by Gasteiger charge is -2.34. The van der Waals surface area contributed by atoms with Crippen molar-refractivity contribution < 1.29 is 5.11 Å². The van der Waals surface area contributed by atoms with E-state index in [1.165, 1.54) is 5.56 Å². The summed E-state index contributed by atoms with van der Waals surface area (Å²) < 4.78 is 0. The summed E-state index contributed by atoms with van der Waals surface area (Å²) in [5.74, 6) is 0. The molecule has 3 rings (SSSR count). The number of likely N-dealkylation sites (N-methyl/N-ethyl adjacent to an activating group) is 1. The number of piperazine rings is 1. The van der Waals surface area contributed by atoms with Crippen LogP contribution in [0.3, 0.4) is 0 Å². The summed E-state index contributed by atoms with van der Waals surface area (Å²) >= 11 is 0. The normalized spacial score (nSPS) is 24.1. The van der Waals surface area contributed by atoms with E-state index in [1.54, 1.807) is 0 Å². The van der Waals surface area contributed by atoms with Gasteiger partial charge in [-0.2, -0.15) is 0 Å². The molecule has 0 unspecified atom stereocenters. The second-order valence-corrected chi connectivity index (χ2v) is 6.56. The first-order valence-electron chi connectivity index (χ1n) is 8.09. The van der Waals surface area contributed by atoms with Crippen LogP contribution in [0.15, 0.2) is 24.3 Å². The third-order valence-corrected chi connectivity index (χ3v) is 4.90. The van der Waals surface area contributed by atoms with Crippen LogP contribution in [0.5, 0.6) is 0 Å². The van der Waals surface area contributed by atoms with E-state index in [-0.39, 0.29) is 0 Å². The van der Waals surface area contributed by atoms with Crippen molar-refractivity contribution in [1.29, 1.82) is 0 Å². The smallest absolute Gasteiger partial charge is 0.0920 e. The monoisotopic (exact) mass is 289 g/mol. The summed E-state index contributed by atoms with van der Waals surface area (Å²) in [6.07, 6.45) is 1.62. The Kier molecular flexibility index (Phi) is 4.60. The summed E-state index contributed by atoms with van der Waals surface area (Å²) in [7, 11) is 2.19. The summed E-state index contributed by atoms with van der Waals surface area (Å²) in [4.78, 5) is 4.89. The molecule has 0 amide bonds. The molecule has 2 saturated heterocycles. The predicted octanol–water partition coefficient (Wildman–Crippen LogP) is 1.00. The molecule has 0 aliphatic carbocycles. The Balaban J connectivity index is 1.68. The summed E-state index contributed by atoms with van der Waals surface area (Å²) in [5, 5.41) is 14.2. The van der Waals surface area contributed by atoms with Crippen LogP contribution in [0.25, 0.3) is 0 Å². The fraction of sp³-hybridized carbons (Fsp3) is 0.647. The Hall–Kier alpha value is -0.940. The van der Waals surface area contributed by atoms with Gasteiger partial charge in [0.05, 0.1) is 5.60 Å². The maximum Gasteiger partial charge on any atom is 0.0920 e. The van der Waals surface area contributed by atoms with Crippen molar-refractivity contribution in [2.24, 2.45) is 0 Å². The Morgan fingerprint density at radius 2 is 1.86 bits per heavy atom. The van der Waals surface area contributed by atoms with Gasteiger partial charge in [-0.25, -0.2) is 0 Å². The maximum atomic E-state index is 10.8. The molecule has 0 saturated carbocycles. The average molecular weight is 289 g/mol. The van der Waals surface area contributed by atoms with Gasteiger partial charge in [-0.1, -0.05) is 24.3 Å². The van der Waals surface area contributed by atoms with E-state index in [0.717, 1.165) is 64.2 Å². The highest BCUT2D eigenvalue weighted by atomic mass is 16.3. The van der Waals surface area contributed by atoms with Crippen LogP contribution in [0.1, 0.15) is 24.0 Å². The Morgan fingerprint density at radius 1 is 1.14 bits per heavy atom. The topological polar surface area (TPSA) is 38.7 Å². The number of hydrogen-bond donors (Lipinski definition) is 2. The number of rotatable bonds is 3. The first-order valence-corrected chi connectivity index (χ1v) is 8.09. The van der Waals surface area contributed by atoms with E-state index >= 15 is 0 Å². The molecule has 0 aromatic heterocycles. The van der Waals surface area contributed by atoms with Crippen LogP contribution in [0.2, 0.25) is 0 Å². The number of benzene rings is 1. The van der Waals surface area contributed by atoms with Crippen LogP contribution in [0.4, 0.5) is 0 Å². The second-order valence-electron chi connectivity index (χ2n) is 6.56. The SMILES string of the molecule is CN1CCN(Cc2cccc(C3(O)CCNCC3)c2)CC1. The third-order valence-electron chi connectivity index (χ3n) is 4.90. The van der Waals surface area contributed by atoms with E-state index in [2.05, 4.69) is 46.4 Å². The largest absolute Gasteiger partial charge is 0.385 e. The summed E-state index contributed by atoms with van der Waals surface area (Å²) in [6.45, 7) is 7.36. The van der Waals surface area contributed by atoms with Crippen molar-refractivity contribution in [1.82, 2.24) is 15.1 Å². The number of nitrogens with one attached hydrogen (secondary N) is 1. The van der Waals surface area contributed by atoms with Gasteiger partial charge in [-0.05, 0) is 44.1 Å². The molecule has 1 aromatic carbocycles. The summed E-state index contributed by atoms with van der Waals surface area (Å²) in [6, 6.07) is 8.58. The third kappa shape index (κ3) is 3.64. The first-order chi connectivity index (χ1) is 10.2. The van der Waals surface area contributed by atoms with Gasteiger partial charge in [-0.15, -0.1) is 0 Å². The van der Waals surface area contributed by atoms with Gasteiger partial charge in [0.15, 0.2) is 0 Å². The van der Waals surface area contributed by atoms with Crippen molar-refractivity contribution in [3.63, 3.8) is 0 Å². The highest BCUT2D eigenvalue weighted by Gasteiger charge is 2.31. The fourth-order valence-electron chi connectivity index (χ4n) is 3.35. The van der Waals surface area contributed by atoms with E-state index in [1.807, 2.05) is 0 Å². The minimum absolute atomic E-state index is 0.636. The molecule has 2 N–H and O–H groups in total. The quantitative estimate of drug-likeness (QED) is 0.871. The van der Waals surface area contributed by atoms with E-state index in [4.69, 9.17) is 0 Å². The molecule has 0 atom stereocenters. The number of nitrogens with zero attached hydrogens (tertiary/aromatic N) is 2. The van der Waals surface area contributed by atoms with Crippen molar-refractivity contribution in [3.05, 3.63) is 35.4 Å². The molecule has 4 heteroatoms. The van der Waals surface area contributed by atoms with Crippen LogP contribution in [-0.4, -0.2) is 61.2 Å². The van der Waals surface area contributed by atoms with Gasteiger partial charge in [0.1, 0.15) is 0 Å². The molecule has 0 bridgehead atoms. The lowest BCUT2D eigenvalue weighted by molar-refractivity contribution is 0.00581. The lowest BCUT2D eigenvalue weighted by Crippen LogP contribution is -2.44. The molecular formula is C17H27N3O. The zero-order valence-corrected chi connectivity index (χ0v) is 13.0. The standard InChI is InChI=1S/C17H27N3O/c1-19-9-11-20(12-10-19)14-15-3-2-4-16(13-15)17(21)5-7-18-8-6-17/h2-4,13,18,21H,5-12,14H2,1H3. The van der Waals surface area contributed by atoms with Crippen LogP contribution in [-0.2, 0) is 12.1 Å². The maximum absolute atomic E-state index is 10.8. The van der Waals surface area contributed by atoms with Gasteiger partial charge < -0.3 is 15.3 Å². The molecule has 4 nitrogen and oxygen atoms in total. The van der Waals surface area contributed by atoms with Gasteiger partial charge in [0.2, 0.25) is 0 Å². The number of hydrogen-bond acceptors (Lipinski definition) is 4.